The molecule has 1 aliphatic rings. The Morgan fingerprint density at radius 1 is 1.16 bits per heavy atom. The molecule has 0 atom stereocenters. The first-order valence-corrected chi connectivity index (χ1v) is 8.56. The number of aromatic nitrogens is 4. The van der Waals surface area contributed by atoms with Gasteiger partial charge >= 0.3 is 0 Å². The Labute approximate surface area is 145 Å². The van der Waals surface area contributed by atoms with Crippen LogP contribution in [0.15, 0.2) is 55.3 Å². The molecule has 0 spiro atoms. The summed E-state index contributed by atoms with van der Waals surface area (Å²) >= 11 is 0. The maximum Gasteiger partial charge on any atom is 0.137 e. The van der Waals surface area contributed by atoms with Crippen molar-refractivity contribution in [2.75, 3.05) is 20.1 Å². The van der Waals surface area contributed by atoms with Crippen LogP contribution < -0.4 is 0 Å². The first-order valence-electron chi connectivity index (χ1n) is 8.56. The van der Waals surface area contributed by atoms with Gasteiger partial charge in [-0.25, -0.2) is 9.97 Å². The lowest BCUT2D eigenvalue weighted by atomic mass is 9.99. The summed E-state index contributed by atoms with van der Waals surface area (Å²) in [6, 6.07) is 6.43. The van der Waals surface area contributed by atoms with Gasteiger partial charge in [0.05, 0.1) is 0 Å². The predicted octanol–water partition coefficient (Wildman–Crippen LogP) is 3.60. The topological polar surface area (TPSA) is 49.2 Å². The lowest BCUT2D eigenvalue weighted by Crippen LogP contribution is -2.23. The fraction of sp³-hybridized carbons (Fsp3) is 0.200. The summed E-state index contributed by atoms with van der Waals surface area (Å²) in [5.41, 5.74) is 6.84. The van der Waals surface area contributed by atoms with Crippen molar-refractivity contribution in [2.45, 2.75) is 6.42 Å². The van der Waals surface area contributed by atoms with Crippen molar-refractivity contribution >= 4 is 22.3 Å². The van der Waals surface area contributed by atoms with Crippen LogP contribution >= 0.6 is 0 Å². The number of H-pyrrole nitrogens is 1. The van der Waals surface area contributed by atoms with Gasteiger partial charge in [0, 0.05) is 60.6 Å². The maximum absolute atomic E-state index is 4.64. The van der Waals surface area contributed by atoms with E-state index in [1.54, 1.807) is 0 Å². The fourth-order valence-electron chi connectivity index (χ4n) is 3.53. The molecule has 0 aliphatic carbocycles. The zero-order chi connectivity index (χ0) is 16.8. The zero-order valence-corrected chi connectivity index (χ0v) is 14.1. The number of imidazole rings is 1. The third-order valence-electron chi connectivity index (χ3n) is 5.01. The van der Waals surface area contributed by atoms with E-state index in [0.29, 0.717) is 0 Å². The molecule has 5 heteroatoms. The molecule has 0 saturated heterocycles. The highest BCUT2D eigenvalue weighted by molar-refractivity contribution is 5.95. The molecule has 0 bridgehead atoms. The monoisotopic (exact) mass is 329 g/mol. The molecule has 1 N–H and O–H groups in total. The van der Waals surface area contributed by atoms with Crippen LogP contribution in [-0.2, 0) is 0 Å². The van der Waals surface area contributed by atoms with E-state index in [1.807, 2.05) is 35.3 Å². The average Bonchev–Trinajstić information content (AvgIpc) is 3.27. The van der Waals surface area contributed by atoms with E-state index in [1.165, 1.54) is 16.7 Å². The smallest absolute Gasteiger partial charge is 0.137 e. The molecule has 0 saturated carbocycles. The van der Waals surface area contributed by atoms with E-state index in [4.69, 9.17) is 0 Å². The first kappa shape index (κ1) is 14.4. The summed E-state index contributed by atoms with van der Waals surface area (Å²) in [5.74, 6) is 0. The summed E-state index contributed by atoms with van der Waals surface area (Å²) < 4.78 is 2.05. The predicted molar refractivity (Wildman–Crippen MR) is 100 cm³/mol. The van der Waals surface area contributed by atoms with Gasteiger partial charge in [-0.15, -0.1) is 0 Å². The van der Waals surface area contributed by atoms with Gasteiger partial charge in [-0.3, -0.25) is 0 Å². The van der Waals surface area contributed by atoms with Gasteiger partial charge in [-0.05, 0) is 42.8 Å². The molecule has 0 aromatic carbocycles. The minimum Gasteiger partial charge on any atom is -0.346 e. The number of rotatable bonds is 2. The van der Waals surface area contributed by atoms with Crippen molar-refractivity contribution in [3.05, 3.63) is 60.8 Å². The molecule has 0 fully saturated rings. The summed E-state index contributed by atoms with van der Waals surface area (Å²) in [5, 5.41) is 1.16. The van der Waals surface area contributed by atoms with Gasteiger partial charge in [0.2, 0.25) is 0 Å². The number of nitrogens with one attached hydrogen (secondary N) is 1. The third-order valence-corrected chi connectivity index (χ3v) is 5.01. The van der Waals surface area contributed by atoms with Gasteiger partial charge in [-0.1, -0.05) is 6.08 Å². The van der Waals surface area contributed by atoms with Crippen LogP contribution in [-0.4, -0.2) is 44.4 Å². The number of likely N-dealkylation sites (N-methyl/N-ethyl adjacent to an activating group) is 1. The van der Waals surface area contributed by atoms with Crippen LogP contribution in [0.4, 0.5) is 0 Å². The highest BCUT2D eigenvalue weighted by Crippen LogP contribution is 2.31. The highest BCUT2D eigenvalue weighted by Gasteiger charge is 2.13. The van der Waals surface area contributed by atoms with Crippen LogP contribution in [0.3, 0.4) is 0 Å². The Balaban J connectivity index is 1.62. The van der Waals surface area contributed by atoms with Gasteiger partial charge in [0.1, 0.15) is 11.3 Å². The first-order chi connectivity index (χ1) is 12.3. The van der Waals surface area contributed by atoms with Crippen molar-refractivity contribution in [1.29, 1.82) is 0 Å². The normalized spacial score (nSPS) is 15.8. The largest absolute Gasteiger partial charge is 0.346 e. The van der Waals surface area contributed by atoms with Crippen molar-refractivity contribution in [2.24, 2.45) is 0 Å². The van der Waals surface area contributed by atoms with E-state index >= 15 is 0 Å². The van der Waals surface area contributed by atoms with E-state index in [-0.39, 0.29) is 0 Å². The van der Waals surface area contributed by atoms with Gasteiger partial charge in [0.15, 0.2) is 0 Å². The van der Waals surface area contributed by atoms with Crippen molar-refractivity contribution < 1.29 is 0 Å². The molecule has 4 aromatic rings. The molecular formula is C20H19N5. The third kappa shape index (κ3) is 2.44. The number of hydrogen-bond acceptors (Lipinski definition) is 3. The Morgan fingerprint density at radius 2 is 2.12 bits per heavy atom. The van der Waals surface area contributed by atoms with E-state index < -0.39 is 0 Å². The van der Waals surface area contributed by atoms with E-state index in [2.05, 4.69) is 51.3 Å². The summed E-state index contributed by atoms with van der Waals surface area (Å²) in [7, 11) is 2.16. The number of aromatic amines is 1. The van der Waals surface area contributed by atoms with Gasteiger partial charge < -0.3 is 14.3 Å². The Morgan fingerprint density at radius 3 is 3.00 bits per heavy atom. The Hall–Kier alpha value is -2.92. The molecule has 4 aromatic heterocycles. The second-order valence-electron chi connectivity index (χ2n) is 6.67. The summed E-state index contributed by atoms with van der Waals surface area (Å²) in [4.78, 5) is 14.6. The minimum absolute atomic E-state index is 0.929. The lowest BCUT2D eigenvalue weighted by Gasteiger charge is -2.21. The second-order valence-corrected chi connectivity index (χ2v) is 6.67. The number of hydrogen-bond donors (Lipinski definition) is 1. The number of pyridine rings is 2. The zero-order valence-electron chi connectivity index (χ0n) is 14.1. The van der Waals surface area contributed by atoms with E-state index in [9.17, 15) is 0 Å². The van der Waals surface area contributed by atoms with Crippen LogP contribution in [0.25, 0.3) is 33.4 Å². The van der Waals surface area contributed by atoms with Crippen molar-refractivity contribution in [3.8, 4) is 11.1 Å². The standard InChI is InChI=1S/C20H19N5/c1-24-7-4-14(5-8-24)16-10-17-18(12-23-20(17)22-11-16)15-2-3-19-21-6-9-25(19)13-15/h2-4,6,9-13H,5,7-8H2,1H3,(H,22,23). The maximum atomic E-state index is 4.64. The quantitative estimate of drug-likeness (QED) is 0.611. The molecule has 5 heterocycles. The van der Waals surface area contributed by atoms with Crippen LogP contribution in [0.5, 0.6) is 0 Å². The van der Waals surface area contributed by atoms with Crippen LogP contribution in [0.2, 0.25) is 0 Å². The highest BCUT2D eigenvalue weighted by atomic mass is 15.1. The van der Waals surface area contributed by atoms with Gasteiger partial charge in [0.25, 0.3) is 0 Å². The SMILES string of the molecule is CN1CC=C(c2cnc3[nH]cc(-c4ccc5nccn5c4)c3c2)CC1. The average molecular weight is 329 g/mol. The molecule has 5 rings (SSSR count). The molecule has 0 unspecified atom stereocenters. The van der Waals surface area contributed by atoms with E-state index in [0.717, 1.165) is 41.8 Å². The summed E-state index contributed by atoms with van der Waals surface area (Å²) in [6.07, 6.45) is 13.3. The fourth-order valence-corrected chi connectivity index (χ4v) is 3.53. The number of fused-ring (bicyclic) bond motifs is 2. The molecule has 0 amide bonds. The number of nitrogens with zero attached hydrogens (tertiary/aromatic N) is 4. The molecule has 5 nitrogen and oxygen atoms in total. The molecule has 25 heavy (non-hydrogen) atoms. The molecule has 1 aliphatic heterocycles. The second kappa shape index (κ2) is 5.57. The molecule has 124 valence electrons. The minimum atomic E-state index is 0.929. The van der Waals surface area contributed by atoms with Crippen molar-refractivity contribution in [3.63, 3.8) is 0 Å². The summed E-state index contributed by atoms with van der Waals surface area (Å²) in [6.45, 7) is 2.10. The molecule has 0 radical (unpaired) electrons. The molecular weight excluding hydrogens is 310 g/mol. The van der Waals surface area contributed by atoms with Crippen LogP contribution in [0.1, 0.15) is 12.0 Å². The Bertz CT molecular complexity index is 1100. The lowest BCUT2D eigenvalue weighted by molar-refractivity contribution is 0.370. The van der Waals surface area contributed by atoms with Crippen LogP contribution in [0, 0.1) is 0 Å². The Kier molecular flexibility index (Phi) is 3.21. The van der Waals surface area contributed by atoms with Gasteiger partial charge in [-0.2, -0.15) is 0 Å². The van der Waals surface area contributed by atoms with Crippen molar-refractivity contribution in [1.82, 2.24) is 24.3 Å².